The van der Waals surface area contributed by atoms with E-state index in [0.717, 1.165) is 40.9 Å². The molecule has 0 fully saturated rings. The first-order valence-electron chi connectivity index (χ1n) is 14.6. The van der Waals surface area contributed by atoms with Gasteiger partial charge in [-0.3, -0.25) is 4.79 Å². The van der Waals surface area contributed by atoms with Gasteiger partial charge in [0.2, 0.25) is 5.76 Å². The zero-order valence-corrected chi connectivity index (χ0v) is 25.5. The highest BCUT2D eigenvalue weighted by atomic mass is 32.2. The molecule has 1 unspecified atom stereocenters. The van der Waals surface area contributed by atoms with Crippen molar-refractivity contribution in [3.05, 3.63) is 128 Å². The summed E-state index contributed by atoms with van der Waals surface area (Å²) in [5, 5.41) is 12.0. The summed E-state index contributed by atoms with van der Waals surface area (Å²) in [5.41, 5.74) is 4.09. The number of aromatic nitrogens is 2. The van der Waals surface area contributed by atoms with Crippen molar-refractivity contribution in [1.82, 2.24) is 14.6 Å². The van der Waals surface area contributed by atoms with Crippen molar-refractivity contribution in [3.63, 3.8) is 0 Å². The molecule has 0 saturated heterocycles. The van der Waals surface area contributed by atoms with Gasteiger partial charge in [-0.2, -0.15) is 18.2 Å². The van der Waals surface area contributed by atoms with Crippen LogP contribution in [0.2, 0.25) is 0 Å². The van der Waals surface area contributed by atoms with E-state index in [2.05, 4.69) is 4.98 Å². The Morgan fingerprint density at radius 2 is 1.61 bits per heavy atom. The summed E-state index contributed by atoms with van der Waals surface area (Å²) in [6, 6.07) is 17.7. The monoisotopic (exact) mass is 651 g/mol. The molecule has 1 atom stereocenters. The number of hydrogen-bond acceptors (Lipinski definition) is 6. The summed E-state index contributed by atoms with van der Waals surface area (Å²) in [4.78, 5) is 35.3. The zero-order chi connectivity index (χ0) is 32.6. The number of nitrogens with zero attached hydrogens (tertiary/aromatic N) is 3. The van der Waals surface area contributed by atoms with Crippen molar-refractivity contribution >= 4 is 17.7 Å². The third-order valence-corrected chi connectivity index (χ3v) is 9.34. The molecule has 2 heterocycles. The second kappa shape index (κ2) is 12.8. The Hall–Kier alpha value is -4.42. The number of fused-ring (bicyclic) bond motifs is 1. The average molecular weight is 652 g/mol. The molecule has 0 bridgehead atoms. The number of halogens is 4. The Labute approximate surface area is 266 Å². The Morgan fingerprint density at radius 1 is 0.978 bits per heavy atom. The predicted octanol–water partition coefficient (Wildman–Crippen LogP) is 6.68. The molecule has 0 spiro atoms. The van der Waals surface area contributed by atoms with Crippen molar-refractivity contribution in [2.75, 3.05) is 7.05 Å². The molecular formula is C34H29F4N3O4S. The number of alkyl halides is 3. The quantitative estimate of drug-likeness (QED) is 0.123. The largest absolute Gasteiger partial charge is 0.475 e. The first kappa shape index (κ1) is 31.6. The number of carboxylic acid groups (broad SMARTS) is 1. The van der Waals surface area contributed by atoms with Crippen LogP contribution < -0.4 is 5.56 Å². The highest BCUT2D eigenvalue weighted by Gasteiger charge is 2.38. The summed E-state index contributed by atoms with van der Waals surface area (Å²) in [6.07, 6.45) is -2.06. The Balaban J connectivity index is 1.28. The van der Waals surface area contributed by atoms with E-state index in [0.29, 0.717) is 40.5 Å². The van der Waals surface area contributed by atoms with Crippen LogP contribution in [0, 0.1) is 5.82 Å². The number of aliphatic carboxylic acids is 1. The standard InChI is InChI=1S/C34H29F4N3O4S/c1-40-29(18-41-28-4-2-3-26(28)31(42)39-33(41)46-19-21-7-15-25(35)16-8-21)27(30(45-40)32(43)44)17-20-5-9-22(10-6-20)23-11-13-24(14-12-23)34(36,37)38/h5-16,29H,2-4,17-19H2,1H3,(H,43,44). The molecule has 4 aromatic rings. The van der Waals surface area contributed by atoms with Crippen LogP contribution in [0.25, 0.3) is 11.1 Å². The van der Waals surface area contributed by atoms with E-state index in [1.54, 1.807) is 31.3 Å². The smallest absolute Gasteiger partial charge is 0.416 e. The number of hydrogen-bond donors (Lipinski definition) is 1. The van der Waals surface area contributed by atoms with E-state index in [-0.39, 0.29) is 30.1 Å². The number of hydroxylamine groups is 2. The number of carboxylic acids is 1. The normalized spacial score (nSPS) is 16.5. The second-order valence-corrected chi connectivity index (χ2v) is 12.2. The molecule has 1 aliphatic carbocycles. The fraction of sp³-hybridized carbons (Fsp3) is 0.265. The molecule has 0 radical (unpaired) electrons. The van der Waals surface area contributed by atoms with Crippen molar-refractivity contribution in [1.29, 1.82) is 0 Å². The maximum atomic E-state index is 13.4. The van der Waals surface area contributed by atoms with Crippen LogP contribution >= 0.6 is 11.8 Å². The molecule has 7 nitrogen and oxygen atoms in total. The fourth-order valence-corrected chi connectivity index (χ4v) is 6.89. The van der Waals surface area contributed by atoms with Crippen molar-refractivity contribution < 1.29 is 32.3 Å². The van der Waals surface area contributed by atoms with E-state index >= 15 is 0 Å². The summed E-state index contributed by atoms with van der Waals surface area (Å²) >= 11 is 1.36. The Morgan fingerprint density at radius 3 is 2.24 bits per heavy atom. The Bertz CT molecular complexity index is 1850. The van der Waals surface area contributed by atoms with E-state index in [1.807, 2.05) is 16.7 Å². The van der Waals surface area contributed by atoms with Crippen LogP contribution in [0.5, 0.6) is 0 Å². The Kier molecular flexibility index (Phi) is 8.75. The minimum absolute atomic E-state index is 0.175. The predicted molar refractivity (Wildman–Crippen MR) is 164 cm³/mol. The van der Waals surface area contributed by atoms with E-state index in [4.69, 9.17) is 4.84 Å². The number of carbonyl (C=O) groups is 1. The van der Waals surface area contributed by atoms with Gasteiger partial charge in [-0.05, 0) is 72.2 Å². The lowest BCUT2D eigenvalue weighted by Crippen LogP contribution is -2.34. The van der Waals surface area contributed by atoms with Crippen LogP contribution in [0.4, 0.5) is 17.6 Å². The van der Waals surface area contributed by atoms with Gasteiger partial charge in [0.25, 0.3) is 5.56 Å². The highest BCUT2D eigenvalue weighted by Crippen LogP contribution is 2.34. The zero-order valence-electron chi connectivity index (χ0n) is 24.7. The minimum atomic E-state index is -4.42. The van der Waals surface area contributed by atoms with E-state index in [9.17, 15) is 32.3 Å². The van der Waals surface area contributed by atoms with E-state index < -0.39 is 23.8 Å². The van der Waals surface area contributed by atoms with Gasteiger partial charge in [0, 0.05) is 36.2 Å². The molecule has 1 N–H and O–H groups in total. The van der Waals surface area contributed by atoms with Crippen LogP contribution in [0.15, 0.2) is 94.1 Å². The number of likely N-dealkylation sites (N-methyl/N-ethyl adjacent to an activating group) is 1. The van der Waals surface area contributed by atoms with Gasteiger partial charge in [-0.15, -0.1) is 5.06 Å². The van der Waals surface area contributed by atoms with Gasteiger partial charge in [0.05, 0.1) is 11.6 Å². The molecule has 6 rings (SSSR count). The molecule has 1 aliphatic heterocycles. The maximum Gasteiger partial charge on any atom is 0.416 e. The number of rotatable bonds is 9. The lowest BCUT2D eigenvalue weighted by Gasteiger charge is -2.25. The molecular weight excluding hydrogens is 622 g/mol. The molecule has 238 valence electrons. The molecule has 3 aromatic carbocycles. The van der Waals surface area contributed by atoms with Gasteiger partial charge < -0.3 is 14.5 Å². The first-order chi connectivity index (χ1) is 22.0. The third-order valence-electron chi connectivity index (χ3n) is 8.29. The van der Waals surface area contributed by atoms with Crippen LogP contribution in [0.1, 0.15) is 34.4 Å². The average Bonchev–Trinajstić information content (AvgIpc) is 3.64. The first-order valence-corrected chi connectivity index (χ1v) is 15.6. The third kappa shape index (κ3) is 6.59. The number of benzene rings is 3. The highest BCUT2D eigenvalue weighted by molar-refractivity contribution is 7.98. The maximum absolute atomic E-state index is 13.4. The molecule has 0 saturated carbocycles. The SMILES string of the molecule is CN1OC(C(=O)O)=C(Cc2ccc(-c3ccc(C(F)(F)F)cc3)cc2)C1Cn1c(SCc2ccc(F)cc2)nc(=O)c2c1CCC2. The summed E-state index contributed by atoms with van der Waals surface area (Å²) < 4.78 is 54.4. The molecule has 2 aliphatic rings. The summed E-state index contributed by atoms with van der Waals surface area (Å²) in [7, 11) is 1.66. The summed E-state index contributed by atoms with van der Waals surface area (Å²) in [6.45, 7) is 0.285. The van der Waals surface area contributed by atoms with Crippen LogP contribution in [-0.2, 0) is 47.4 Å². The van der Waals surface area contributed by atoms with Crippen LogP contribution in [0.3, 0.4) is 0 Å². The molecule has 1 aromatic heterocycles. The lowest BCUT2D eigenvalue weighted by molar-refractivity contribution is -0.149. The second-order valence-electron chi connectivity index (χ2n) is 11.3. The van der Waals surface area contributed by atoms with Crippen molar-refractivity contribution in [2.45, 2.75) is 55.4 Å². The van der Waals surface area contributed by atoms with Gasteiger partial charge >= 0.3 is 12.1 Å². The molecule has 0 amide bonds. The van der Waals surface area contributed by atoms with E-state index in [1.165, 1.54) is 41.1 Å². The lowest BCUT2D eigenvalue weighted by atomic mass is 9.95. The molecule has 46 heavy (non-hydrogen) atoms. The summed E-state index contributed by atoms with van der Waals surface area (Å²) in [5.74, 6) is -1.27. The fourth-order valence-electron chi connectivity index (χ4n) is 5.91. The topological polar surface area (TPSA) is 84.7 Å². The van der Waals surface area contributed by atoms with Gasteiger partial charge in [0.1, 0.15) is 5.82 Å². The van der Waals surface area contributed by atoms with Gasteiger partial charge in [-0.1, -0.05) is 60.3 Å². The minimum Gasteiger partial charge on any atom is -0.475 e. The van der Waals surface area contributed by atoms with Crippen molar-refractivity contribution in [2.24, 2.45) is 0 Å². The molecule has 12 heteroatoms. The van der Waals surface area contributed by atoms with Crippen molar-refractivity contribution in [3.8, 4) is 11.1 Å². The van der Waals surface area contributed by atoms with Gasteiger partial charge in [0.15, 0.2) is 5.16 Å². The number of thioether (sulfide) groups is 1. The van der Waals surface area contributed by atoms with Crippen LogP contribution in [-0.4, -0.2) is 38.8 Å². The van der Waals surface area contributed by atoms with Gasteiger partial charge in [-0.25, -0.2) is 9.18 Å².